The van der Waals surface area contributed by atoms with Crippen LogP contribution in [-0.2, 0) is 0 Å². The van der Waals surface area contributed by atoms with Crippen molar-refractivity contribution in [1.82, 2.24) is 0 Å². The van der Waals surface area contributed by atoms with E-state index in [4.69, 9.17) is 0 Å². The van der Waals surface area contributed by atoms with Crippen molar-refractivity contribution in [3.05, 3.63) is 12.2 Å². The minimum Gasteiger partial charge on any atom is -0.0885 e. The molecular weight excluding hydrogens is 252 g/mol. The highest BCUT2D eigenvalue weighted by molar-refractivity contribution is 4.81. The molecule has 0 saturated heterocycles. The van der Waals surface area contributed by atoms with E-state index in [1.165, 1.54) is 109 Å². The quantitative estimate of drug-likeness (QED) is 0.187. The van der Waals surface area contributed by atoms with Crippen LogP contribution in [-0.4, -0.2) is 0 Å². The SMILES string of the molecule is CCCC/C=C/CCCCCCCCCCCCCCC. The topological polar surface area (TPSA) is 0 Å². The second-order valence-corrected chi connectivity index (χ2v) is 6.64. The van der Waals surface area contributed by atoms with Crippen LogP contribution in [0.25, 0.3) is 0 Å². The van der Waals surface area contributed by atoms with Crippen LogP contribution in [0.2, 0.25) is 0 Å². The minimum absolute atomic E-state index is 1.29. The van der Waals surface area contributed by atoms with Gasteiger partial charge in [-0.25, -0.2) is 0 Å². The lowest BCUT2D eigenvalue weighted by molar-refractivity contribution is 0.540. The lowest BCUT2D eigenvalue weighted by Crippen LogP contribution is -1.82. The van der Waals surface area contributed by atoms with Crippen molar-refractivity contribution in [2.75, 3.05) is 0 Å². The fourth-order valence-corrected chi connectivity index (χ4v) is 2.84. The summed E-state index contributed by atoms with van der Waals surface area (Å²) in [5.41, 5.74) is 0. The van der Waals surface area contributed by atoms with Gasteiger partial charge in [0, 0.05) is 0 Å². The molecule has 0 amide bonds. The normalized spacial score (nSPS) is 11.5. The summed E-state index contributed by atoms with van der Waals surface area (Å²) in [6, 6.07) is 0. The Labute approximate surface area is 135 Å². The van der Waals surface area contributed by atoms with Gasteiger partial charge in [0.15, 0.2) is 0 Å². The van der Waals surface area contributed by atoms with Gasteiger partial charge in [0.2, 0.25) is 0 Å². The fourth-order valence-electron chi connectivity index (χ4n) is 2.84. The molecule has 0 radical (unpaired) electrons. The maximum absolute atomic E-state index is 2.40. The van der Waals surface area contributed by atoms with Gasteiger partial charge in [-0.3, -0.25) is 0 Å². The van der Waals surface area contributed by atoms with Crippen LogP contribution in [0.3, 0.4) is 0 Å². The van der Waals surface area contributed by atoms with Gasteiger partial charge in [0.1, 0.15) is 0 Å². The van der Waals surface area contributed by atoms with Gasteiger partial charge in [-0.15, -0.1) is 0 Å². The van der Waals surface area contributed by atoms with Crippen LogP contribution in [0.1, 0.15) is 123 Å². The first-order valence-electron chi connectivity index (χ1n) is 10.1. The van der Waals surface area contributed by atoms with Crippen LogP contribution in [0, 0.1) is 0 Å². The molecule has 0 unspecified atom stereocenters. The minimum atomic E-state index is 1.29. The maximum atomic E-state index is 2.40. The standard InChI is InChI=1S/C21H42/c1-3-5-7-9-11-13-15-17-19-21-20-18-16-14-12-10-8-6-4-2/h9,11H,3-8,10,12-21H2,1-2H3/b11-9+. The van der Waals surface area contributed by atoms with Crippen molar-refractivity contribution >= 4 is 0 Å². The summed E-state index contributed by atoms with van der Waals surface area (Å²) < 4.78 is 0. The average Bonchev–Trinajstić information content (AvgIpc) is 2.50. The van der Waals surface area contributed by atoms with E-state index in [9.17, 15) is 0 Å². The Hall–Kier alpha value is -0.260. The molecule has 0 N–H and O–H groups in total. The molecule has 126 valence electrons. The van der Waals surface area contributed by atoms with Crippen LogP contribution in [0.15, 0.2) is 12.2 Å². The molecule has 0 spiro atoms. The van der Waals surface area contributed by atoms with Gasteiger partial charge in [-0.1, -0.05) is 116 Å². The van der Waals surface area contributed by atoms with Gasteiger partial charge in [0.05, 0.1) is 0 Å². The number of hydrogen-bond donors (Lipinski definition) is 0. The van der Waals surface area contributed by atoms with Crippen LogP contribution in [0.5, 0.6) is 0 Å². The van der Waals surface area contributed by atoms with Crippen molar-refractivity contribution in [3.8, 4) is 0 Å². The molecule has 0 atom stereocenters. The Bertz CT molecular complexity index is 192. The third-order valence-electron chi connectivity index (χ3n) is 4.37. The summed E-state index contributed by atoms with van der Waals surface area (Å²) >= 11 is 0. The number of rotatable bonds is 17. The zero-order chi connectivity index (χ0) is 15.4. The van der Waals surface area contributed by atoms with Crippen molar-refractivity contribution in [3.63, 3.8) is 0 Å². The zero-order valence-corrected chi connectivity index (χ0v) is 15.2. The summed E-state index contributed by atoms with van der Waals surface area (Å²) in [5.74, 6) is 0. The molecule has 0 aliphatic rings. The predicted octanol–water partition coefficient (Wildman–Crippen LogP) is 8.21. The lowest BCUT2D eigenvalue weighted by atomic mass is 10.0. The third-order valence-corrected chi connectivity index (χ3v) is 4.37. The average molecular weight is 295 g/mol. The zero-order valence-electron chi connectivity index (χ0n) is 15.2. The molecule has 0 fully saturated rings. The molecule has 21 heavy (non-hydrogen) atoms. The summed E-state index contributed by atoms with van der Waals surface area (Å²) in [7, 11) is 0. The highest BCUT2D eigenvalue weighted by atomic mass is 14.0. The summed E-state index contributed by atoms with van der Waals surface area (Å²) in [6.45, 7) is 4.56. The summed E-state index contributed by atoms with van der Waals surface area (Å²) in [6.07, 6.45) is 28.9. The molecule has 0 bridgehead atoms. The Morgan fingerprint density at radius 3 is 1.14 bits per heavy atom. The van der Waals surface area contributed by atoms with E-state index in [-0.39, 0.29) is 0 Å². The molecule has 0 aliphatic carbocycles. The molecule has 0 rings (SSSR count). The molecule has 0 aromatic rings. The highest BCUT2D eigenvalue weighted by Crippen LogP contribution is 2.13. The number of unbranched alkanes of at least 4 members (excludes halogenated alkanes) is 15. The molecule has 0 heterocycles. The first-order chi connectivity index (χ1) is 10.4. The van der Waals surface area contributed by atoms with E-state index in [0.29, 0.717) is 0 Å². The summed E-state index contributed by atoms with van der Waals surface area (Å²) in [4.78, 5) is 0. The number of allylic oxidation sites excluding steroid dienone is 2. The van der Waals surface area contributed by atoms with Crippen molar-refractivity contribution in [1.29, 1.82) is 0 Å². The first-order valence-corrected chi connectivity index (χ1v) is 10.1. The van der Waals surface area contributed by atoms with Crippen molar-refractivity contribution in [2.45, 2.75) is 123 Å². The number of hydrogen-bond acceptors (Lipinski definition) is 0. The smallest absolute Gasteiger partial charge is 0.0351 e. The Balaban J connectivity index is 2.98. The van der Waals surface area contributed by atoms with E-state index < -0.39 is 0 Å². The molecular formula is C21H42. The summed E-state index contributed by atoms with van der Waals surface area (Å²) in [5, 5.41) is 0. The molecule has 0 saturated carbocycles. The molecule has 0 aromatic carbocycles. The van der Waals surface area contributed by atoms with Crippen molar-refractivity contribution < 1.29 is 0 Å². The van der Waals surface area contributed by atoms with Crippen LogP contribution in [0.4, 0.5) is 0 Å². The molecule has 0 aromatic heterocycles. The molecule has 0 heteroatoms. The van der Waals surface area contributed by atoms with E-state index in [1.807, 2.05) is 0 Å². The van der Waals surface area contributed by atoms with Gasteiger partial charge < -0.3 is 0 Å². The van der Waals surface area contributed by atoms with E-state index >= 15 is 0 Å². The Morgan fingerprint density at radius 1 is 0.381 bits per heavy atom. The van der Waals surface area contributed by atoms with Gasteiger partial charge in [-0.05, 0) is 19.3 Å². The fraction of sp³-hybridized carbons (Fsp3) is 0.905. The van der Waals surface area contributed by atoms with Gasteiger partial charge >= 0.3 is 0 Å². The van der Waals surface area contributed by atoms with E-state index in [1.54, 1.807) is 0 Å². The third kappa shape index (κ3) is 19.7. The van der Waals surface area contributed by atoms with E-state index in [0.717, 1.165) is 0 Å². The van der Waals surface area contributed by atoms with E-state index in [2.05, 4.69) is 26.0 Å². The lowest BCUT2D eigenvalue weighted by Gasteiger charge is -2.02. The second kappa shape index (κ2) is 19.7. The monoisotopic (exact) mass is 294 g/mol. The largest absolute Gasteiger partial charge is 0.0885 e. The molecule has 0 nitrogen and oxygen atoms in total. The molecule has 0 aliphatic heterocycles. The second-order valence-electron chi connectivity index (χ2n) is 6.64. The van der Waals surface area contributed by atoms with Gasteiger partial charge in [-0.2, -0.15) is 0 Å². The Kier molecular flexibility index (Phi) is 19.5. The Morgan fingerprint density at radius 2 is 0.714 bits per heavy atom. The van der Waals surface area contributed by atoms with Crippen LogP contribution < -0.4 is 0 Å². The predicted molar refractivity (Wildman–Crippen MR) is 99.0 cm³/mol. The van der Waals surface area contributed by atoms with Crippen LogP contribution >= 0.6 is 0 Å². The maximum Gasteiger partial charge on any atom is -0.0351 e. The first kappa shape index (κ1) is 20.7. The van der Waals surface area contributed by atoms with Gasteiger partial charge in [0.25, 0.3) is 0 Å². The highest BCUT2D eigenvalue weighted by Gasteiger charge is 1.93. The van der Waals surface area contributed by atoms with Crippen molar-refractivity contribution in [2.24, 2.45) is 0 Å².